The minimum Gasteiger partial charge on any atom is -0.395 e. The van der Waals surface area contributed by atoms with Gasteiger partial charge in [0.1, 0.15) is 11.6 Å². The van der Waals surface area contributed by atoms with Crippen LogP contribution in [0.1, 0.15) is 5.82 Å². The van der Waals surface area contributed by atoms with Gasteiger partial charge in [0.15, 0.2) is 0 Å². The number of rotatable bonds is 6. The van der Waals surface area contributed by atoms with Gasteiger partial charge in [0.2, 0.25) is 0 Å². The molecule has 1 heterocycles. The monoisotopic (exact) mass is 266 g/mol. The largest absolute Gasteiger partial charge is 0.395 e. The number of hydrogen-bond donors (Lipinski definition) is 2. The van der Waals surface area contributed by atoms with Crippen LogP contribution in [0, 0.1) is 5.82 Å². The number of aliphatic hydroxyl groups is 1. The molecule has 0 aliphatic carbocycles. The van der Waals surface area contributed by atoms with Crippen LogP contribution in [0.25, 0.3) is 11.0 Å². The van der Waals surface area contributed by atoms with Gasteiger partial charge in [0.25, 0.3) is 0 Å². The normalized spacial score (nSPS) is 11.6. The molecule has 5 nitrogen and oxygen atoms in total. The summed E-state index contributed by atoms with van der Waals surface area (Å²) < 4.78 is 15.2. The molecule has 0 aliphatic heterocycles. The van der Waals surface area contributed by atoms with Crippen LogP contribution in [0.5, 0.6) is 0 Å². The molecule has 19 heavy (non-hydrogen) atoms. The quantitative estimate of drug-likeness (QED) is 0.801. The number of halogens is 1. The van der Waals surface area contributed by atoms with E-state index in [1.54, 1.807) is 6.07 Å². The van der Waals surface area contributed by atoms with Gasteiger partial charge in [-0.1, -0.05) is 0 Å². The number of hydrogen-bond acceptors (Lipinski definition) is 4. The summed E-state index contributed by atoms with van der Waals surface area (Å²) in [4.78, 5) is 6.42. The Balaban J connectivity index is 2.38. The van der Waals surface area contributed by atoms with Gasteiger partial charge in [-0.15, -0.1) is 0 Å². The van der Waals surface area contributed by atoms with Crippen LogP contribution in [-0.4, -0.2) is 46.3 Å². The van der Waals surface area contributed by atoms with Crippen LogP contribution in [0.15, 0.2) is 18.2 Å². The second-order valence-corrected chi connectivity index (χ2v) is 4.56. The molecule has 0 amide bonds. The Morgan fingerprint density at radius 3 is 2.95 bits per heavy atom. The average Bonchev–Trinajstić information content (AvgIpc) is 2.67. The van der Waals surface area contributed by atoms with Crippen molar-refractivity contribution in [3.05, 3.63) is 29.8 Å². The molecule has 0 fully saturated rings. The number of benzene rings is 1. The van der Waals surface area contributed by atoms with Gasteiger partial charge in [0, 0.05) is 25.7 Å². The molecule has 0 unspecified atom stereocenters. The van der Waals surface area contributed by atoms with Crippen molar-refractivity contribution in [2.24, 2.45) is 5.73 Å². The average molecular weight is 266 g/mol. The third-order valence-electron chi connectivity index (χ3n) is 3.04. The number of likely N-dealkylation sites (N-methyl/N-ethyl adjacent to an activating group) is 1. The van der Waals surface area contributed by atoms with Gasteiger partial charge in [-0.05, 0) is 19.2 Å². The van der Waals surface area contributed by atoms with Crippen LogP contribution in [-0.2, 0) is 13.1 Å². The molecule has 1 aromatic carbocycles. The first-order chi connectivity index (χ1) is 9.15. The van der Waals surface area contributed by atoms with Crippen molar-refractivity contribution in [1.29, 1.82) is 0 Å². The van der Waals surface area contributed by atoms with E-state index in [9.17, 15) is 4.39 Å². The molecule has 2 rings (SSSR count). The molecular formula is C13H19FN4O. The smallest absolute Gasteiger partial charge is 0.125 e. The number of aromatic nitrogens is 2. The highest BCUT2D eigenvalue weighted by Crippen LogP contribution is 2.18. The number of nitrogens with zero attached hydrogens (tertiary/aromatic N) is 3. The lowest BCUT2D eigenvalue weighted by Gasteiger charge is -2.15. The fourth-order valence-electron chi connectivity index (χ4n) is 2.14. The first-order valence-electron chi connectivity index (χ1n) is 6.30. The highest BCUT2D eigenvalue weighted by atomic mass is 19.1. The maximum absolute atomic E-state index is 13.2. The summed E-state index contributed by atoms with van der Waals surface area (Å²) in [6.07, 6.45) is 0. The first kappa shape index (κ1) is 13.9. The Bertz CT molecular complexity index is 555. The molecule has 0 aliphatic rings. The van der Waals surface area contributed by atoms with E-state index in [1.165, 1.54) is 12.1 Å². The Morgan fingerprint density at radius 2 is 2.26 bits per heavy atom. The number of imidazole rings is 1. The molecule has 0 radical (unpaired) electrons. The second-order valence-electron chi connectivity index (χ2n) is 4.56. The Morgan fingerprint density at radius 1 is 1.47 bits per heavy atom. The highest BCUT2D eigenvalue weighted by Gasteiger charge is 2.12. The van der Waals surface area contributed by atoms with Crippen molar-refractivity contribution in [2.45, 2.75) is 13.1 Å². The Hall–Kier alpha value is -1.50. The van der Waals surface area contributed by atoms with E-state index in [-0.39, 0.29) is 12.4 Å². The van der Waals surface area contributed by atoms with Crippen LogP contribution < -0.4 is 5.73 Å². The third kappa shape index (κ3) is 3.09. The predicted octanol–water partition coefficient (Wildman–Crippen LogP) is 0.558. The van der Waals surface area contributed by atoms with Crippen molar-refractivity contribution >= 4 is 11.0 Å². The van der Waals surface area contributed by atoms with E-state index in [0.29, 0.717) is 31.7 Å². The van der Waals surface area contributed by atoms with Gasteiger partial charge < -0.3 is 15.4 Å². The van der Waals surface area contributed by atoms with E-state index in [2.05, 4.69) is 4.98 Å². The molecule has 0 saturated carbocycles. The zero-order chi connectivity index (χ0) is 13.8. The maximum atomic E-state index is 13.2. The minimum atomic E-state index is -0.292. The third-order valence-corrected chi connectivity index (χ3v) is 3.04. The Labute approximate surface area is 111 Å². The summed E-state index contributed by atoms with van der Waals surface area (Å²) in [6.45, 7) is 2.41. The molecule has 1 aromatic heterocycles. The molecule has 0 spiro atoms. The van der Waals surface area contributed by atoms with E-state index in [0.717, 1.165) is 11.3 Å². The second kappa shape index (κ2) is 6.10. The maximum Gasteiger partial charge on any atom is 0.125 e. The predicted molar refractivity (Wildman–Crippen MR) is 72.2 cm³/mol. The fraction of sp³-hybridized carbons (Fsp3) is 0.462. The van der Waals surface area contributed by atoms with E-state index >= 15 is 0 Å². The molecule has 0 atom stereocenters. The van der Waals surface area contributed by atoms with Crippen molar-refractivity contribution in [1.82, 2.24) is 14.5 Å². The van der Waals surface area contributed by atoms with Crippen LogP contribution in [0.2, 0.25) is 0 Å². The van der Waals surface area contributed by atoms with Crippen LogP contribution in [0.4, 0.5) is 4.39 Å². The molecular weight excluding hydrogens is 247 g/mol. The summed E-state index contributed by atoms with van der Waals surface area (Å²) in [7, 11) is 1.91. The molecule has 6 heteroatoms. The number of nitrogens with two attached hydrogens (primary N) is 1. The summed E-state index contributed by atoms with van der Waals surface area (Å²) in [5, 5.41) is 8.93. The SMILES string of the molecule is CN(CCO)Cc1nc2cc(F)ccc2n1CCN. The van der Waals surface area contributed by atoms with Crippen molar-refractivity contribution in [2.75, 3.05) is 26.7 Å². The lowest BCUT2D eigenvalue weighted by molar-refractivity contribution is 0.213. The van der Waals surface area contributed by atoms with Gasteiger partial charge in [-0.2, -0.15) is 0 Å². The van der Waals surface area contributed by atoms with E-state index < -0.39 is 0 Å². The topological polar surface area (TPSA) is 67.3 Å². The van der Waals surface area contributed by atoms with Crippen molar-refractivity contribution in [3.8, 4) is 0 Å². The minimum absolute atomic E-state index is 0.0994. The first-order valence-corrected chi connectivity index (χ1v) is 6.30. The zero-order valence-electron chi connectivity index (χ0n) is 11.0. The molecule has 3 N–H and O–H groups in total. The van der Waals surface area contributed by atoms with Gasteiger partial charge in [0.05, 0.1) is 24.2 Å². The van der Waals surface area contributed by atoms with E-state index in [4.69, 9.17) is 10.8 Å². The van der Waals surface area contributed by atoms with Crippen molar-refractivity contribution < 1.29 is 9.50 Å². The lowest BCUT2D eigenvalue weighted by Crippen LogP contribution is -2.24. The van der Waals surface area contributed by atoms with Crippen LogP contribution in [0.3, 0.4) is 0 Å². The molecule has 0 saturated heterocycles. The Kier molecular flexibility index (Phi) is 4.47. The number of aliphatic hydroxyl groups excluding tert-OH is 1. The van der Waals surface area contributed by atoms with Crippen molar-refractivity contribution in [3.63, 3.8) is 0 Å². The van der Waals surface area contributed by atoms with E-state index in [1.807, 2.05) is 16.5 Å². The summed E-state index contributed by atoms with van der Waals surface area (Å²) in [5.74, 6) is 0.544. The van der Waals surface area contributed by atoms with Gasteiger partial charge in [-0.25, -0.2) is 9.37 Å². The highest BCUT2D eigenvalue weighted by molar-refractivity contribution is 5.76. The summed E-state index contributed by atoms with van der Waals surface area (Å²) >= 11 is 0. The van der Waals surface area contributed by atoms with Crippen LogP contribution >= 0.6 is 0 Å². The summed E-state index contributed by atoms with van der Waals surface area (Å²) in [5.41, 5.74) is 7.15. The lowest BCUT2D eigenvalue weighted by atomic mass is 10.3. The molecule has 0 bridgehead atoms. The fourth-order valence-corrected chi connectivity index (χ4v) is 2.14. The molecule has 104 valence electrons. The zero-order valence-corrected chi connectivity index (χ0v) is 11.0. The van der Waals surface area contributed by atoms with Gasteiger partial charge >= 0.3 is 0 Å². The standard InChI is InChI=1S/C13H19FN4O/c1-17(6-7-19)9-13-16-11-8-10(14)2-3-12(11)18(13)5-4-15/h2-3,8,19H,4-7,9,15H2,1H3. The summed E-state index contributed by atoms with van der Waals surface area (Å²) in [6, 6.07) is 4.58. The van der Waals surface area contributed by atoms with Gasteiger partial charge in [-0.3, -0.25) is 4.90 Å². The number of fused-ring (bicyclic) bond motifs is 1. The molecule has 2 aromatic rings.